The molecule has 0 heterocycles. The first-order valence-electron chi connectivity index (χ1n) is 5.99. The highest BCUT2D eigenvalue weighted by Crippen LogP contribution is 2.48. The van der Waals surface area contributed by atoms with Gasteiger partial charge in [-0.1, -0.05) is 25.1 Å². The molecule has 16 heavy (non-hydrogen) atoms. The normalized spacial score (nSPS) is 19.2. The topological polar surface area (TPSA) is 21.3 Å². The van der Waals surface area contributed by atoms with Crippen LogP contribution in [0.2, 0.25) is 0 Å². The van der Waals surface area contributed by atoms with Crippen molar-refractivity contribution in [2.75, 3.05) is 12.4 Å². The summed E-state index contributed by atoms with van der Waals surface area (Å²) in [5.74, 6) is 0. The van der Waals surface area contributed by atoms with Gasteiger partial charge in [0, 0.05) is 24.4 Å². The minimum absolute atomic E-state index is 0.500. The lowest BCUT2D eigenvalue weighted by Crippen LogP contribution is -2.25. The van der Waals surface area contributed by atoms with E-state index in [1.54, 1.807) is 7.11 Å². The summed E-state index contributed by atoms with van der Waals surface area (Å²) in [5, 5.41) is 3.62. The zero-order valence-electron chi connectivity index (χ0n) is 10.4. The van der Waals surface area contributed by atoms with Crippen LogP contribution >= 0.6 is 0 Å². The Hall–Kier alpha value is -1.02. The van der Waals surface area contributed by atoms with Crippen LogP contribution in [0.5, 0.6) is 0 Å². The van der Waals surface area contributed by atoms with E-state index in [0.717, 1.165) is 0 Å². The summed E-state index contributed by atoms with van der Waals surface area (Å²) < 4.78 is 5.21. The molecule has 0 aliphatic heterocycles. The van der Waals surface area contributed by atoms with Crippen molar-refractivity contribution in [3.63, 3.8) is 0 Å². The molecule has 1 aromatic carbocycles. The number of anilines is 1. The van der Waals surface area contributed by atoms with Gasteiger partial charge in [-0.3, -0.25) is 0 Å². The molecule has 0 saturated heterocycles. The van der Waals surface area contributed by atoms with Crippen molar-refractivity contribution in [3.05, 3.63) is 29.8 Å². The van der Waals surface area contributed by atoms with Crippen LogP contribution in [-0.2, 0) is 11.3 Å². The van der Waals surface area contributed by atoms with Crippen LogP contribution in [-0.4, -0.2) is 13.2 Å². The molecule has 1 aliphatic rings. The number of ether oxygens (including phenoxy) is 1. The van der Waals surface area contributed by atoms with Crippen molar-refractivity contribution in [1.82, 2.24) is 0 Å². The molecule has 1 N–H and O–H groups in total. The zero-order valence-corrected chi connectivity index (χ0v) is 10.4. The molecule has 1 aliphatic carbocycles. The fraction of sp³-hybridized carbons (Fsp3) is 0.571. The standard InChI is InChI=1S/C14H21NO/c1-11(14(2)8-9-14)15-13-7-5-4-6-12(13)10-16-3/h4-7,11,15H,8-10H2,1-3H3. The summed E-state index contributed by atoms with van der Waals surface area (Å²) in [6, 6.07) is 8.92. The number of rotatable bonds is 5. The third-order valence-electron chi connectivity index (χ3n) is 3.77. The zero-order chi connectivity index (χ0) is 11.6. The second-order valence-corrected chi connectivity index (χ2v) is 5.11. The molecule has 0 radical (unpaired) electrons. The summed E-state index contributed by atoms with van der Waals surface area (Å²) in [5.41, 5.74) is 2.95. The molecule has 1 atom stereocenters. The predicted molar refractivity (Wildman–Crippen MR) is 67.6 cm³/mol. The van der Waals surface area contributed by atoms with Crippen molar-refractivity contribution in [2.24, 2.45) is 5.41 Å². The van der Waals surface area contributed by atoms with E-state index < -0.39 is 0 Å². The summed E-state index contributed by atoms with van der Waals surface area (Å²) in [6.45, 7) is 5.30. The van der Waals surface area contributed by atoms with Crippen LogP contribution in [0.3, 0.4) is 0 Å². The number of hydrogen-bond acceptors (Lipinski definition) is 2. The smallest absolute Gasteiger partial charge is 0.0733 e. The SMILES string of the molecule is COCc1ccccc1NC(C)C1(C)CC1. The Bertz CT molecular complexity index is 358. The van der Waals surface area contributed by atoms with Gasteiger partial charge in [-0.05, 0) is 31.2 Å². The van der Waals surface area contributed by atoms with Gasteiger partial charge in [0.25, 0.3) is 0 Å². The third kappa shape index (κ3) is 2.38. The van der Waals surface area contributed by atoms with Crippen molar-refractivity contribution in [1.29, 1.82) is 0 Å². The number of methoxy groups -OCH3 is 1. The van der Waals surface area contributed by atoms with Gasteiger partial charge < -0.3 is 10.1 Å². The lowest BCUT2D eigenvalue weighted by molar-refractivity contribution is 0.185. The Morgan fingerprint density at radius 1 is 1.38 bits per heavy atom. The highest BCUT2D eigenvalue weighted by molar-refractivity contribution is 5.51. The third-order valence-corrected chi connectivity index (χ3v) is 3.77. The molecule has 1 fully saturated rings. The van der Waals surface area contributed by atoms with E-state index in [4.69, 9.17) is 4.74 Å². The maximum atomic E-state index is 5.21. The van der Waals surface area contributed by atoms with E-state index in [2.05, 4.69) is 43.4 Å². The Kier molecular flexibility index (Phi) is 3.20. The first kappa shape index (κ1) is 11.5. The lowest BCUT2D eigenvalue weighted by atomic mass is 10.00. The monoisotopic (exact) mass is 219 g/mol. The van der Waals surface area contributed by atoms with Crippen LogP contribution in [0.15, 0.2) is 24.3 Å². The van der Waals surface area contributed by atoms with Crippen molar-refractivity contribution in [2.45, 2.75) is 39.3 Å². The minimum Gasteiger partial charge on any atom is -0.382 e. The highest BCUT2D eigenvalue weighted by atomic mass is 16.5. The first-order chi connectivity index (χ1) is 7.65. The fourth-order valence-electron chi connectivity index (χ4n) is 1.98. The molecule has 0 bridgehead atoms. The molecule has 1 aromatic rings. The van der Waals surface area contributed by atoms with Crippen LogP contribution in [0.4, 0.5) is 5.69 Å². The molecule has 2 heteroatoms. The van der Waals surface area contributed by atoms with E-state index in [0.29, 0.717) is 18.1 Å². The molecular formula is C14H21NO. The molecule has 1 saturated carbocycles. The van der Waals surface area contributed by atoms with Gasteiger partial charge in [0.1, 0.15) is 0 Å². The highest BCUT2D eigenvalue weighted by Gasteiger charge is 2.42. The van der Waals surface area contributed by atoms with Gasteiger partial charge in [0.15, 0.2) is 0 Å². The van der Waals surface area contributed by atoms with Gasteiger partial charge in [0.05, 0.1) is 6.61 Å². The van der Waals surface area contributed by atoms with Crippen LogP contribution in [0, 0.1) is 5.41 Å². The molecule has 0 amide bonds. The number of para-hydroxylation sites is 1. The average molecular weight is 219 g/mol. The van der Waals surface area contributed by atoms with Gasteiger partial charge in [-0.25, -0.2) is 0 Å². The van der Waals surface area contributed by atoms with Crippen LogP contribution in [0.1, 0.15) is 32.3 Å². The second kappa shape index (κ2) is 4.46. The predicted octanol–water partition coefficient (Wildman–Crippen LogP) is 3.43. The van der Waals surface area contributed by atoms with Crippen molar-refractivity contribution < 1.29 is 4.74 Å². The maximum absolute atomic E-state index is 5.21. The molecule has 2 rings (SSSR count). The molecule has 0 aromatic heterocycles. The minimum atomic E-state index is 0.500. The Morgan fingerprint density at radius 3 is 2.69 bits per heavy atom. The van der Waals surface area contributed by atoms with Crippen molar-refractivity contribution in [3.8, 4) is 0 Å². The second-order valence-electron chi connectivity index (χ2n) is 5.11. The number of hydrogen-bond donors (Lipinski definition) is 1. The van der Waals surface area contributed by atoms with Crippen molar-refractivity contribution >= 4 is 5.69 Å². The lowest BCUT2D eigenvalue weighted by Gasteiger charge is -2.23. The molecule has 88 valence electrons. The number of nitrogens with one attached hydrogen (secondary N) is 1. The average Bonchev–Trinajstić information content (AvgIpc) is 3.01. The maximum Gasteiger partial charge on any atom is 0.0733 e. The van der Waals surface area contributed by atoms with Crippen LogP contribution < -0.4 is 5.32 Å². The molecule has 2 nitrogen and oxygen atoms in total. The summed E-state index contributed by atoms with van der Waals surface area (Å²) in [6.07, 6.45) is 2.68. The molecule has 1 unspecified atom stereocenters. The van der Waals surface area contributed by atoms with E-state index in [1.807, 2.05) is 0 Å². The van der Waals surface area contributed by atoms with E-state index in [1.165, 1.54) is 24.1 Å². The molecule has 0 spiro atoms. The van der Waals surface area contributed by atoms with Gasteiger partial charge in [-0.15, -0.1) is 0 Å². The number of benzene rings is 1. The van der Waals surface area contributed by atoms with Crippen LogP contribution in [0.25, 0.3) is 0 Å². The Labute approximate surface area is 98.0 Å². The van der Waals surface area contributed by atoms with Gasteiger partial charge in [-0.2, -0.15) is 0 Å². The summed E-state index contributed by atoms with van der Waals surface area (Å²) >= 11 is 0. The van der Waals surface area contributed by atoms with Gasteiger partial charge in [0.2, 0.25) is 0 Å². The molecular weight excluding hydrogens is 198 g/mol. The fourth-order valence-corrected chi connectivity index (χ4v) is 1.98. The first-order valence-corrected chi connectivity index (χ1v) is 5.99. The Balaban J connectivity index is 2.08. The van der Waals surface area contributed by atoms with E-state index in [-0.39, 0.29) is 0 Å². The summed E-state index contributed by atoms with van der Waals surface area (Å²) in [7, 11) is 1.74. The largest absolute Gasteiger partial charge is 0.382 e. The summed E-state index contributed by atoms with van der Waals surface area (Å²) in [4.78, 5) is 0. The van der Waals surface area contributed by atoms with E-state index in [9.17, 15) is 0 Å². The quantitative estimate of drug-likeness (QED) is 0.819. The van der Waals surface area contributed by atoms with E-state index >= 15 is 0 Å². The van der Waals surface area contributed by atoms with Gasteiger partial charge >= 0.3 is 0 Å². The Morgan fingerprint density at radius 2 is 2.06 bits per heavy atom.